The first-order chi connectivity index (χ1) is 29.7. The summed E-state index contributed by atoms with van der Waals surface area (Å²) >= 11 is 0. The number of fused-ring (bicyclic) bond motifs is 4. The van der Waals surface area contributed by atoms with Crippen LogP contribution in [0.4, 0.5) is 0 Å². The van der Waals surface area contributed by atoms with Gasteiger partial charge in [-0.25, -0.2) is 0 Å². The lowest BCUT2D eigenvalue weighted by Crippen LogP contribution is -2.05. The topological polar surface area (TPSA) is 13.1 Å². The van der Waals surface area contributed by atoms with Gasteiger partial charge in [0, 0.05) is 16.7 Å². The minimum absolute atomic E-state index is 0.0222. The molecule has 0 radical (unpaired) electrons. The van der Waals surface area contributed by atoms with Gasteiger partial charge >= 0.3 is 0 Å². The van der Waals surface area contributed by atoms with Crippen molar-refractivity contribution in [1.29, 1.82) is 0 Å². The molecule has 1 aromatic heterocycles. The summed E-state index contributed by atoms with van der Waals surface area (Å²) in [5, 5.41) is 4.83. The predicted molar refractivity (Wildman–Crippen MR) is 252 cm³/mol. The number of hydrogen-bond donors (Lipinski definition) is 0. The number of para-hydroxylation sites is 1. The Hall–Kier alpha value is -7.74. The van der Waals surface area contributed by atoms with E-state index < -0.39 is 0 Å². The molecule has 0 saturated heterocycles. The summed E-state index contributed by atoms with van der Waals surface area (Å²) in [6.07, 6.45) is 0. The maximum Gasteiger partial charge on any atom is 0.136 e. The van der Waals surface area contributed by atoms with Crippen molar-refractivity contribution in [2.75, 3.05) is 0 Å². The van der Waals surface area contributed by atoms with E-state index in [1.54, 1.807) is 0 Å². The summed E-state index contributed by atoms with van der Waals surface area (Å²) in [7, 11) is 0. The molecule has 0 aliphatic heterocycles. The van der Waals surface area contributed by atoms with Crippen molar-refractivity contribution in [1.82, 2.24) is 0 Å². The Labute approximate surface area is 350 Å². The van der Waals surface area contributed by atoms with Crippen LogP contribution < -0.4 is 0 Å². The van der Waals surface area contributed by atoms with Crippen LogP contribution in [0, 0.1) is 0 Å². The van der Waals surface area contributed by atoms with Crippen LogP contribution >= 0.6 is 0 Å². The molecule has 0 aliphatic rings. The number of hydrogen-bond acceptors (Lipinski definition) is 1. The number of rotatable bonds is 8. The molecule has 0 N–H and O–H groups in total. The van der Waals surface area contributed by atoms with Crippen LogP contribution in [0.1, 0.15) is 22.6 Å². The Bertz CT molecular complexity index is 3270. The number of benzene rings is 10. The molecule has 1 heterocycles. The second-order valence-electron chi connectivity index (χ2n) is 15.6. The molecule has 1 atom stereocenters. The lowest BCUT2D eigenvalue weighted by Gasteiger charge is -2.23. The average molecular weight is 765 g/mol. The fraction of sp³-hybridized carbons (Fsp3) is 0.0169. The fourth-order valence-electron chi connectivity index (χ4n) is 9.00. The quantitative estimate of drug-likeness (QED) is 0.140. The predicted octanol–water partition coefficient (Wildman–Crippen LogP) is 16.3. The maximum absolute atomic E-state index is 6.20. The Balaban J connectivity index is 0.954. The number of furan rings is 1. The van der Waals surface area contributed by atoms with Gasteiger partial charge in [0.2, 0.25) is 0 Å². The zero-order valence-electron chi connectivity index (χ0n) is 33.0. The normalized spacial score (nSPS) is 11.9. The maximum atomic E-state index is 6.20. The van der Waals surface area contributed by atoms with Gasteiger partial charge in [0.1, 0.15) is 11.2 Å². The molecule has 0 saturated carbocycles. The van der Waals surface area contributed by atoms with E-state index in [1.165, 1.54) is 77.5 Å². The molecular formula is C59H40O. The van der Waals surface area contributed by atoms with Crippen molar-refractivity contribution in [3.63, 3.8) is 0 Å². The third-order valence-corrected chi connectivity index (χ3v) is 12.1. The van der Waals surface area contributed by atoms with Crippen LogP contribution in [-0.2, 0) is 0 Å². The molecular weight excluding hydrogens is 725 g/mol. The summed E-state index contributed by atoms with van der Waals surface area (Å²) < 4.78 is 6.20. The summed E-state index contributed by atoms with van der Waals surface area (Å²) in [5.74, 6) is 0.0222. The third kappa shape index (κ3) is 6.57. The summed E-state index contributed by atoms with van der Waals surface area (Å²) in [4.78, 5) is 0. The van der Waals surface area contributed by atoms with Gasteiger partial charge in [0.25, 0.3) is 0 Å². The molecule has 0 aliphatic carbocycles. The standard InChI is InChI=1S/C59H40O/c1-3-12-40(13-4-1)48-16-11-17-49(38-48)43-28-32-47(33-29-43)59(56-37-36-51(45-14-5-2-6-15-45)52-18-7-8-19-53(52)56)46-30-26-42(27-31-46)41-22-24-44(25-23-41)50-34-35-55-54-20-9-10-21-57(54)60-58(55)39-50/h1-39,59H. The highest BCUT2D eigenvalue weighted by Gasteiger charge is 2.21. The van der Waals surface area contributed by atoms with Gasteiger partial charge in [-0.1, -0.05) is 212 Å². The lowest BCUT2D eigenvalue weighted by molar-refractivity contribution is 0.669. The van der Waals surface area contributed by atoms with E-state index >= 15 is 0 Å². The van der Waals surface area contributed by atoms with Crippen LogP contribution in [0.2, 0.25) is 0 Å². The molecule has 10 aromatic carbocycles. The molecule has 1 nitrogen and oxygen atoms in total. The van der Waals surface area contributed by atoms with Gasteiger partial charge in [-0.15, -0.1) is 0 Å². The largest absolute Gasteiger partial charge is 0.456 e. The van der Waals surface area contributed by atoms with Crippen LogP contribution in [0.5, 0.6) is 0 Å². The van der Waals surface area contributed by atoms with Crippen molar-refractivity contribution in [2.24, 2.45) is 0 Å². The van der Waals surface area contributed by atoms with Gasteiger partial charge in [0.05, 0.1) is 0 Å². The van der Waals surface area contributed by atoms with E-state index in [0.717, 1.165) is 27.5 Å². The fourth-order valence-corrected chi connectivity index (χ4v) is 9.00. The Morgan fingerprint density at radius 1 is 0.250 bits per heavy atom. The molecule has 282 valence electrons. The lowest BCUT2D eigenvalue weighted by atomic mass is 9.80. The second kappa shape index (κ2) is 15.2. The first kappa shape index (κ1) is 35.4. The van der Waals surface area contributed by atoms with E-state index in [4.69, 9.17) is 4.42 Å². The first-order valence-electron chi connectivity index (χ1n) is 20.7. The van der Waals surface area contributed by atoms with Gasteiger partial charge in [-0.3, -0.25) is 0 Å². The van der Waals surface area contributed by atoms with E-state index in [1.807, 2.05) is 12.1 Å². The van der Waals surface area contributed by atoms with E-state index in [-0.39, 0.29) is 5.92 Å². The molecule has 0 amide bonds. The van der Waals surface area contributed by atoms with Crippen LogP contribution in [0.15, 0.2) is 241 Å². The molecule has 0 spiro atoms. The molecule has 60 heavy (non-hydrogen) atoms. The Morgan fingerprint density at radius 2 is 0.683 bits per heavy atom. The van der Waals surface area contributed by atoms with E-state index in [0.29, 0.717) is 0 Å². The van der Waals surface area contributed by atoms with Crippen LogP contribution in [-0.4, -0.2) is 0 Å². The Morgan fingerprint density at radius 3 is 1.32 bits per heavy atom. The SMILES string of the molecule is c1ccc(-c2cccc(-c3ccc(C(c4ccc(-c5ccc(-c6ccc7c(c6)oc6ccccc67)cc5)cc4)c4ccc(-c5ccccc5)c5ccccc45)cc3)c2)cc1. The third-order valence-electron chi connectivity index (χ3n) is 12.1. The van der Waals surface area contributed by atoms with Crippen molar-refractivity contribution < 1.29 is 4.42 Å². The second-order valence-corrected chi connectivity index (χ2v) is 15.6. The van der Waals surface area contributed by atoms with Gasteiger partial charge < -0.3 is 4.42 Å². The molecule has 11 rings (SSSR count). The molecule has 0 fully saturated rings. The molecule has 0 bridgehead atoms. The average Bonchev–Trinajstić information content (AvgIpc) is 3.71. The first-order valence-corrected chi connectivity index (χ1v) is 20.7. The zero-order valence-corrected chi connectivity index (χ0v) is 33.0. The van der Waals surface area contributed by atoms with E-state index in [2.05, 4.69) is 224 Å². The van der Waals surface area contributed by atoms with Gasteiger partial charge in [0.15, 0.2) is 0 Å². The van der Waals surface area contributed by atoms with E-state index in [9.17, 15) is 0 Å². The van der Waals surface area contributed by atoms with Crippen molar-refractivity contribution in [3.05, 3.63) is 253 Å². The van der Waals surface area contributed by atoms with Gasteiger partial charge in [-0.05, 0) is 107 Å². The summed E-state index contributed by atoms with van der Waals surface area (Å²) in [6, 6.07) is 85.8. The molecule has 1 heteroatoms. The van der Waals surface area contributed by atoms with Crippen molar-refractivity contribution in [2.45, 2.75) is 5.92 Å². The Kier molecular flexibility index (Phi) is 8.98. The van der Waals surface area contributed by atoms with Crippen molar-refractivity contribution >= 4 is 32.7 Å². The van der Waals surface area contributed by atoms with Crippen LogP contribution in [0.3, 0.4) is 0 Å². The zero-order chi connectivity index (χ0) is 39.8. The minimum Gasteiger partial charge on any atom is -0.456 e. The van der Waals surface area contributed by atoms with Crippen molar-refractivity contribution in [3.8, 4) is 55.6 Å². The highest BCUT2D eigenvalue weighted by Crippen LogP contribution is 2.41. The smallest absolute Gasteiger partial charge is 0.136 e. The molecule has 11 aromatic rings. The summed E-state index contributed by atoms with van der Waals surface area (Å²) in [5.41, 5.74) is 17.7. The van der Waals surface area contributed by atoms with Gasteiger partial charge in [-0.2, -0.15) is 0 Å². The minimum atomic E-state index is 0.0222. The molecule has 1 unspecified atom stereocenters. The monoisotopic (exact) mass is 764 g/mol. The highest BCUT2D eigenvalue weighted by molar-refractivity contribution is 6.06. The van der Waals surface area contributed by atoms with Crippen LogP contribution in [0.25, 0.3) is 88.3 Å². The summed E-state index contributed by atoms with van der Waals surface area (Å²) in [6.45, 7) is 0. The highest BCUT2D eigenvalue weighted by atomic mass is 16.3.